The molecule has 0 aromatic carbocycles. The summed E-state index contributed by atoms with van der Waals surface area (Å²) in [6.07, 6.45) is 2.30. The van der Waals surface area contributed by atoms with Gasteiger partial charge in [0, 0.05) is 0 Å². The minimum atomic E-state index is -0.757. The Bertz CT molecular complexity index is 481. The molecule has 6 nitrogen and oxygen atoms in total. The zero-order chi connectivity index (χ0) is 14.7. The number of aromatic nitrogens is 2. The molecule has 7 heteroatoms. The molecule has 1 aliphatic carbocycles. The monoisotopic (exact) mass is 285 g/mol. The van der Waals surface area contributed by atoms with E-state index in [9.17, 15) is 14.5 Å². The minimum Gasteiger partial charge on any atom is -0.472 e. The molecule has 0 amide bonds. The van der Waals surface area contributed by atoms with Crippen LogP contribution < -0.4 is 4.74 Å². The Kier molecular flexibility index (Phi) is 4.57. The molecule has 112 valence electrons. The second kappa shape index (κ2) is 6.19. The molecule has 0 bridgehead atoms. The van der Waals surface area contributed by atoms with E-state index >= 15 is 0 Å². The minimum absolute atomic E-state index is 0.0275. The van der Waals surface area contributed by atoms with Gasteiger partial charge in [0.2, 0.25) is 0 Å². The molecule has 1 aromatic rings. The summed E-state index contributed by atoms with van der Waals surface area (Å²) in [6, 6.07) is 0.0275. The van der Waals surface area contributed by atoms with Gasteiger partial charge in [-0.1, -0.05) is 6.92 Å². The maximum absolute atomic E-state index is 13.2. The Hall–Kier alpha value is -1.66. The fourth-order valence-electron chi connectivity index (χ4n) is 2.62. The van der Waals surface area contributed by atoms with E-state index in [4.69, 9.17) is 4.74 Å². The van der Waals surface area contributed by atoms with E-state index in [1.165, 1.54) is 0 Å². The summed E-state index contributed by atoms with van der Waals surface area (Å²) in [5.41, 5.74) is 0.421. The predicted octanol–water partition coefficient (Wildman–Crippen LogP) is 3.34. The number of hydrogen-bond donors (Lipinski definition) is 0. The molecule has 0 saturated heterocycles. The first-order valence-electron chi connectivity index (χ1n) is 7.05. The van der Waals surface area contributed by atoms with Gasteiger partial charge in [0.1, 0.15) is 11.9 Å². The van der Waals surface area contributed by atoms with E-state index in [0.717, 1.165) is 6.42 Å². The number of alkyl halides is 1. The van der Waals surface area contributed by atoms with Crippen LogP contribution in [0.1, 0.15) is 50.8 Å². The van der Waals surface area contributed by atoms with Crippen molar-refractivity contribution < 1.29 is 14.1 Å². The number of ether oxygens (including phenoxy) is 1. The van der Waals surface area contributed by atoms with Gasteiger partial charge in [0.25, 0.3) is 0 Å². The first-order valence-corrected chi connectivity index (χ1v) is 7.05. The molecule has 0 aliphatic heterocycles. The van der Waals surface area contributed by atoms with Gasteiger partial charge in [-0.3, -0.25) is 14.8 Å². The van der Waals surface area contributed by atoms with Crippen molar-refractivity contribution in [3.05, 3.63) is 15.8 Å². The molecular formula is C13H20FN3O3. The molecule has 20 heavy (non-hydrogen) atoms. The van der Waals surface area contributed by atoms with Crippen LogP contribution in [-0.2, 0) is 0 Å². The van der Waals surface area contributed by atoms with E-state index in [2.05, 4.69) is 5.10 Å². The van der Waals surface area contributed by atoms with E-state index in [-0.39, 0.29) is 17.6 Å². The average Bonchev–Trinajstić information content (AvgIpc) is 2.74. The van der Waals surface area contributed by atoms with Crippen LogP contribution in [0.3, 0.4) is 0 Å². The quantitative estimate of drug-likeness (QED) is 0.614. The molecule has 0 N–H and O–H groups in total. The first-order chi connectivity index (χ1) is 9.54. The molecular weight excluding hydrogens is 265 g/mol. The summed E-state index contributed by atoms with van der Waals surface area (Å²) >= 11 is 0. The smallest absolute Gasteiger partial charge is 0.352 e. The second-order valence-corrected chi connectivity index (χ2v) is 5.20. The van der Waals surface area contributed by atoms with Gasteiger partial charge in [-0.15, -0.1) is 5.10 Å². The Labute approximate surface area is 117 Å². The van der Waals surface area contributed by atoms with E-state index in [0.29, 0.717) is 38.0 Å². The van der Waals surface area contributed by atoms with Gasteiger partial charge in [-0.25, -0.2) is 4.39 Å². The van der Waals surface area contributed by atoms with E-state index in [1.54, 1.807) is 11.6 Å². The van der Waals surface area contributed by atoms with Gasteiger partial charge in [0.05, 0.1) is 17.6 Å². The topological polar surface area (TPSA) is 70.2 Å². The fourth-order valence-corrected chi connectivity index (χ4v) is 2.62. The molecule has 0 unspecified atom stereocenters. The number of nitrogens with zero attached hydrogens (tertiary/aromatic N) is 3. The molecule has 0 radical (unpaired) electrons. The molecule has 1 fully saturated rings. The van der Waals surface area contributed by atoms with Crippen molar-refractivity contribution in [2.75, 3.05) is 6.61 Å². The van der Waals surface area contributed by atoms with Crippen LogP contribution in [0.4, 0.5) is 10.1 Å². The van der Waals surface area contributed by atoms with Crippen LogP contribution in [0.5, 0.6) is 5.88 Å². The van der Waals surface area contributed by atoms with E-state index in [1.807, 2.05) is 6.92 Å². The lowest BCUT2D eigenvalue weighted by atomic mass is 9.94. The highest BCUT2D eigenvalue weighted by atomic mass is 19.1. The lowest BCUT2D eigenvalue weighted by Gasteiger charge is -2.24. The van der Waals surface area contributed by atoms with Gasteiger partial charge in [0.15, 0.2) is 0 Å². The van der Waals surface area contributed by atoms with Crippen molar-refractivity contribution in [2.24, 2.45) is 0 Å². The van der Waals surface area contributed by atoms with Crippen LogP contribution in [0.15, 0.2) is 0 Å². The van der Waals surface area contributed by atoms with Crippen LogP contribution in [0.25, 0.3) is 0 Å². The zero-order valence-corrected chi connectivity index (χ0v) is 11.8. The third-order valence-corrected chi connectivity index (χ3v) is 3.69. The second-order valence-electron chi connectivity index (χ2n) is 5.20. The van der Waals surface area contributed by atoms with Crippen molar-refractivity contribution in [1.82, 2.24) is 9.78 Å². The van der Waals surface area contributed by atoms with Crippen molar-refractivity contribution in [3.63, 3.8) is 0 Å². The zero-order valence-electron chi connectivity index (χ0n) is 11.8. The predicted molar refractivity (Wildman–Crippen MR) is 71.8 cm³/mol. The van der Waals surface area contributed by atoms with Crippen molar-refractivity contribution in [2.45, 2.75) is 58.2 Å². The number of rotatable bonds is 5. The highest BCUT2D eigenvalue weighted by Crippen LogP contribution is 2.36. The Balaban J connectivity index is 2.27. The van der Waals surface area contributed by atoms with Crippen LogP contribution in [0.2, 0.25) is 0 Å². The lowest BCUT2D eigenvalue weighted by Crippen LogP contribution is -2.20. The Morgan fingerprint density at radius 1 is 1.45 bits per heavy atom. The van der Waals surface area contributed by atoms with Crippen LogP contribution in [0, 0.1) is 17.0 Å². The molecule has 0 spiro atoms. The lowest BCUT2D eigenvalue weighted by molar-refractivity contribution is -0.386. The molecule has 0 atom stereocenters. The van der Waals surface area contributed by atoms with Gasteiger partial charge < -0.3 is 4.74 Å². The number of nitro groups is 1. The number of halogens is 1. The summed E-state index contributed by atoms with van der Waals surface area (Å²) in [4.78, 5) is 10.7. The summed E-state index contributed by atoms with van der Waals surface area (Å²) in [5.74, 6) is 0.0803. The maximum atomic E-state index is 13.2. The molecule has 2 rings (SSSR count). The largest absolute Gasteiger partial charge is 0.472 e. The summed E-state index contributed by atoms with van der Waals surface area (Å²) in [6.45, 7) is 4.00. The molecule has 1 aromatic heterocycles. The maximum Gasteiger partial charge on any atom is 0.352 e. The number of hydrogen-bond acceptors (Lipinski definition) is 4. The van der Waals surface area contributed by atoms with E-state index < -0.39 is 11.1 Å². The van der Waals surface area contributed by atoms with Crippen molar-refractivity contribution in [1.29, 1.82) is 0 Å². The third kappa shape index (κ3) is 2.91. The van der Waals surface area contributed by atoms with Crippen molar-refractivity contribution in [3.8, 4) is 5.88 Å². The molecule has 1 saturated carbocycles. The fraction of sp³-hybridized carbons (Fsp3) is 0.769. The highest BCUT2D eigenvalue weighted by Gasteiger charge is 2.31. The van der Waals surface area contributed by atoms with Gasteiger partial charge >= 0.3 is 11.6 Å². The molecule has 1 heterocycles. The van der Waals surface area contributed by atoms with Gasteiger partial charge in [-0.2, -0.15) is 0 Å². The van der Waals surface area contributed by atoms with Crippen molar-refractivity contribution >= 4 is 5.69 Å². The molecule has 1 aliphatic rings. The third-order valence-electron chi connectivity index (χ3n) is 3.69. The summed E-state index contributed by atoms with van der Waals surface area (Å²) < 4.78 is 20.2. The SMILES string of the molecule is CCCOc1nn([C@H]2CC[C@H](F)CC2)c(C)c1[N+](=O)[O-]. The highest BCUT2D eigenvalue weighted by molar-refractivity contribution is 5.45. The standard InChI is InChI=1S/C13H20FN3O3/c1-3-8-20-13-12(17(18)19)9(2)16(15-13)11-6-4-10(14)5-7-11/h10-11H,3-8H2,1-2H3/t10-,11-. The summed E-state index contributed by atoms with van der Waals surface area (Å²) in [7, 11) is 0. The first kappa shape index (κ1) is 14.7. The Morgan fingerprint density at radius 3 is 2.65 bits per heavy atom. The average molecular weight is 285 g/mol. The normalized spacial score (nSPS) is 22.8. The van der Waals surface area contributed by atoms with Crippen LogP contribution >= 0.6 is 0 Å². The van der Waals surface area contributed by atoms with Gasteiger partial charge in [-0.05, 0) is 39.0 Å². The van der Waals surface area contributed by atoms with Crippen LogP contribution in [-0.4, -0.2) is 27.5 Å². The summed E-state index contributed by atoms with van der Waals surface area (Å²) in [5, 5.41) is 15.4. The Morgan fingerprint density at radius 2 is 2.10 bits per heavy atom.